The van der Waals surface area contributed by atoms with Crippen molar-refractivity contribution in [3.05, 3.63) is 35.4 Å². The second kappa shape index (κ2) is 5.32. The molecule has 1 aromatic carbocycles. The predicted octanol–water partition coefficient (Wildman–Crippen LogP) is 2.84. The molecule has 106 valence electrons. The van der Waals surface area contributed by atoms with Crippen molar-refractivity contribution in [1.29, 1.82) is 0 Å². The average Bonchev–Trinajstić information content (AvgIpc) is 2.87. The van der Waals surface area contributed by atoms with Gasteiger partial charge in [0.1, 0.15) is 5.82 Å². The average molecular weight is 274 g/mol. The molecule has 0 saturated carbocycles. The molecule has 1 aromatic heterocycles. The first kappa shape index (κ1) is 13.2. The molecule has 0 aliphatic carbocycles. The third kappa shape index (κ3) is 2.12. The second-order valence-electron chi connectivity index (χ2n) is 5.27. The summed E-state index contributed by atoms with van der Waals surface area (Å²) in [5, 5.41) is 12.0. The van der Waals surface area contributed by atoms with E-state index in [1.54, 1.807) is 19.1 Å². The minimum atomic E-state index is -0.201. The van der Waals surface area contributed by atoms with Crippen molar-refractivity contribution in [3.63, 3.8) is 0 Å². The van der Waals surface area contributed by atoms with E-state index >= 15 is 0 Å². The van der Waals surface area contributed by atoms with Gasteiger partial charge in [-0.25, -0.2) is 4.39 Å². The minimum absolute atomic E-state index is 0.201. The van der Waals surface area contributed by atoms with E-state index in [2.05, 4.69) is 27.0 Å². The fourth-order valence-corrected chi connectivity index (χ4v) is 2.77. The number of hydrogen-bond acceptors (Lipinski definition) is 3. The number of hydrogen-bond donors (Lipinski definition) is 1. The Morgan fingerprint density at radius 3 is 3.05 bits per heavy atom. The van der Waals surface area contributed by atoms with E-state index in [1.165, 1.54) is 0 Å². The third-order valence-corrected chi connectivity index (χ3v) is 3.83. The predicted molar refractivity (Wildman–Crippen MR) is 75.8 cm³/mol. The molecular weight excluding hydrogens is 255 g/mol. The van der Waals surface area contributed by atoms with Crippen LogP contribution in [0.15, 0.2) is 18.2 Å². The Morgan fingerprint density at radius 1 is 1.40 bits per heavy atom. The van der Waals surface area contributed by atoms with Gasteiger partial charge >= 0.3 is 0 Å². The Hall–Kier alpha value is -1.75. The van der Waals surface area contributed by atoms with Crippen LogP contribution in [0.25, 0.3) is 11.4 Å². The molecule has 1 aliphatic heterocycles. The first-order chi connectivity index (χ1) is 9.72. The number of nitrogens with one attached hydrogen (secondary N) is 1. The first-order valence-electron chi connectivity index (χ1n) is 7.14. The van der Waals surface area contributed by atoms with Crippen LogP contribution < -0.4 is 5.32 Å². The fourth-order valence-electron chi connectivity index (χ4n) is 2.77. The van der Waals surface area contributed by atoms with Crippen LogP contribution in [0.4, 0.5) is 4.39 Å². The lowest BCUT2D eigenvalue weighted by Gasteiger charge is -2.24. The molecule has 4 nitrogen and oxygen atoms in total. The largest absolute Gasteiger partial charge is 0.308 e. The lowest BCUT2D eigenvalue weighted by Crippen LogP contribution is -2.33. The summed E-state index contributed by atoms with van der Waals surface area (Å²) in [6.45, 7) is 5.58. The smallest absolute Gasteiger partial charge is 0.167 e. The van der Waals surface area contributed by atoms with Crippen LogP contribution in [0.2, 0.25) is 0 Å². The summed E-state index contributed by atoms with van der Waals surface area (Å²) in [7, 11) is 0. The van der Waals surface area contributed by atoms with E-state index in [0.29, 0.717) is 17.0 Å². The van der Waals surface area contributed by atoms with Crippen LogP contribution in [0, 0.1) is 12.7 Å². The van der Waals surface area contributed by atoms with Crippen LogP contribution in [-0.2, 0) is 6.54 Å². The molecule has 0 spiro atoms. The van der Waals surface area contributed by atoms with Gasteiger partial charge in [0.2, 0.25) is 0 Å². The molecule has 2 heterocycles. The first-order valence-corrected chi connectivity index (χ1v) is 7.14. The van der Waals surface area contributed by atoms with Gasteiger partial charge in [0.25, 0.3) is 0 Å². The van der Waals surface area contributed by atoms with Crippen molar-refractivity contribution in [3.8, 4) is 11.4 Å². The van der Waals surface area contributed by atoms with E-state index in [1.807, 2.05) is 6.07 Å². The summed E-state index contributed by atoms with van der Waals surface area (Å²) in [4.78, 5) is 0. The molecule has 1 unspecified atom stereocenters. The number of fused-ring (bicyclic) bond motifs is 1. The van der Waals surface area contributed by atoms with Gasteiger partial charge in [-0.3, -0.25) is 0 Å². The molecule has 0 fully saturated rings. The Kier molecular flexibility index (Phi) is 3.53. The van der Waals surface area contributed by atoms with Gasteiger partial charge in [-0.05, 0) is 25.0 Å². The lowest BCUT2D eigenvalue weighted by atomic mass is 10.1. The molecule has 0 saturated heterocycles. The number of rotatable bonds is 3. The number of aromatic nitrogens is 3. The molecule has 0 amide bonds. The quantitative estimate of drug-likeness (QED) is 0.936. The second-order valence-corrected chi connectivity index (χ2v) is 5.27. The van der Waals surface area contributed by atoms with Crippen molar-refractivity contribution >= 4 is 0 Å². The highest BCUT2D eigenvalue weighted by Gasteiger charge is 2.25. The minimum Gasteiger partial charge on any atom is -0.308 e. The van der Waals surface area contributed by atoms with Crippen molar-refractivity contribution in [2.24, 2.45) is 0 Å². The summed E-state index contributed by atoms with van der Waals surface area (Å²) in [6.07, 6.45) is 2.10. The highest BCUT2D eigenvalue weighted by atomic mass is 19.1. The molecule has 2 aromatic rings. The lowest BCUT2D eigenvalue weighted by molar-refractivity contribution is 0.394. The van der Waals surface area contributed by atoms with Gasteiger partial charge in [0.05, 0.1) is 11.6 Å². The SMILES string of the molecule is CCCC1NCCn2c(-c3cccc(C)c3F)nnc21. The molecule has 1 atom stereocenters. The zero-order valence-electron chi connectivity index (χ0n) is 11.9. The summed E-state index contributed by atoms with van der Waals surface area (Å²) in [6, 6.07) is 5.63. The van der Waals surface area contributed by atoms with Gasteiger partial charge in [-0.2, -0.15) is 0 Å². The van der Waals surface area contributed by atoms with Crippen molar-refractivity contribution in [2.45, 2.75) is 39.3 Å². The number of benzene rings is 1. The van der Waals surface area contributed by atoms with Gasteiger partial charge in [0, 0.05) is 13.1 Å². The summed E-state index contributed by atoms with van der Waals surface area (Å²) in [5.74, 6) is 1.37. The Balaban J connectivity index is 2.06. The maximum atomic E-state index is 14.3. The van der Waals surface area contributed by atoms with E-state index < -0.39 is 0 Å². The van der Waals surface area contributed by atoms with Crippen LogP contribution in [0.3, 0.4) is 0 Å². The highest BCUT2D eigenvalue weighted by Crippen LogP contribution is 2.28. The van der Waals surface area contributed by atoms with E-state index in [4.69, 9.17) is 0 Å². The third-order valence-electron chi connectivity index (χ3n) is 3.83. The summed E-state index contributed by atoms with van der Waals surface area (Å²) in [5.41, 5.74) is 1.18. The zero-order chi connectivity index (χ0) is 14.1. The standard InChI is InChI=1S/C15H19FN4/c1-3-5-12-15-19-18-14(20(15)9-8-17-12)11-7-4-6-10(2)13(11)16/h4,6-7,12,17H,3,5,8-9H2,1-2H3. The molecule has 1 aliphatic rings. The topological polar surface area (TPSA) is 42.7 Å². The Morgan fingerprint density at radius 2 is 2.25 bits per heavy atom. The van der Waals surface area contributed by atoms with Crippen molar-refractivity contribution in [1.82, 2.24) is 20.1 Å². The molecule has 20 heavy (non-hydrogen) atoms. The maximum absolute atomic E-state index is 14.3. The number of halogens is 1. The molecule has 1 N–H and O–H groups in total. The van der Waals surface area contributed by atoms with E-state index in [0.717, 1.165) is 31.8 Å². The zero-order valence-corrected chi connectivity index (χ0v) is 11.9. The fraction of sp³-hybridized carbons (Fsp3) is 0.467. The maximum Gasteiger partial charge on any atom is 0.167 e. The van der Waals surface area contributed by atoms with Crippen LogP contribution in [-0.4, -0.2) is 21.3 Å². The monoisotopic (exact) mass is 274 g/mol. The highest BCUT2D eigenvalue weighted by molar-refractivity contribution is 5.58. The molecular formula is C15H19FN4. The summed E-state index contributed by atoms with van der Waals surface area (Å²) >= 11 is 0. The van der Waals surface area contributed by atoms with Crippen molar-refractivity contribution < 1.29 is 4.39 Å². The van der Waals surface area contributed by atoms with Gasteiger partial charge in [-0.15, -0.1) is 10.2 Å². The van der Waals surface area contributed by atoms with Gasteiger partial charge in [-0.1, -0.05) is 25.5 Å². The van der Waals surface area contributed by atoms with E-state index in [-0.39, 0.29) is 11.9 Å². The van der Waals surface area contributed by atoms with Crippen LogP contribution >= 0.6 is 0 Å². The molecule has 5 heteroatoms. The Labute approximate surface area is 118 Å². The van der Waals surface area contributed by atoms with Crippen LogP contribution in [0.5, 0.6) is 0 Å². The molecule has 0 bridgehead atoms. The summed E-state index contributed by atoms with van der Waals surface area (Å²) < 4.78 is 16.3. The molecule has 3 rings (SSSR count). The van der Waals surface area contributed by atoms with E-state index in [9.17, 15) is 4.39 Å². The number of aryl methyl sites for hydroxylation is 1. The molecule has 0 radical (unpaired) electrons. The normalized spacial score (nSPS) is 18.1. The van der Waals surface area contributed by atoms with Crippen molar-refractivity contribution in [2.75, 3.05) is 6.54 Å². The van der Waals surface area contributed by atoms with Gasteiger partial charge < -0.3 is 9.88 Å². The van der Waals surface area contributed by atoms with Crippen LogP contribution in [0.1, 0.15) is 37.2 Å². The number of nitrogens with zero attached hydrogens (tertiary/aromatic N) is 3. The van der Waals surface area contributed by atoms with Gasteiger partial charge in [0.15, 0.2) is 11.6 Å². The Bertz CT molecular complexity index is 620.